The Balaban J connectivity index is 1.51. The predicted molar refractivity (Wildman–Crippen MR) is 105 cm³/mol. The minimum atomic E-state index is -3.39. The number of morpholine rings is 1. The van der Waals surface area contributed by atoms with Crippen molar-refractivity contribution >= 4 is 16.1 Å². The third-order valence-corrected chi connectivity index (χ3v) is 8.66. The number of ether oxygens (including phenoxy) is 2. The lowest BCUT2D eigenvalue weighted by molar-refractivity contribution is -0.132. The highest BCUT2D eigenvalue weighted by atomic mass is 32.2. The number of hydrogen-bond acceptors (Lipinski definition) is 6. The molecule has 3 saturated heterocycles. The summed E-state index contributed by atoms with van der Waals surface area (Å²) >= 11 is 0. The van der Waals surface area contributed by atoms with Gasteiger partial charge in [-0.15, -0.1) is 0 Å². The first kappa shape index (κ1) is 21.9. The highest BCUT2D eigenvalue weighted by molar-refractivity contribution is 7.86. The normalized spacial score (nSPS) is 26.3. The predicted octanol–water partition coefficient (Wildman–Crippen LogP) is -0.368. The first-order chi connectivity index (χ1) is 13.4. The molecule has 3 rings (SSSR count). The zero-order valence-corrected chi connectivity index (χ0v) is 17.7. The monoisotopic (exact) mass is 418 g/mol. The van der Waals surface area contributed by atoms with Crippen LogP contribution in [-0.4, -0.2) is 100 Å². The number of methoxy groups -OCH3 is 1. The Labute approximate surface area is 168 Å². The van der Waals surface area contributed by atoms with Crippen molar-refractivity contribution in [2.75, 3.05) is 66.2 Å². The average molecular weight is 419 g/mol. The Kier molecular flexibility index (Phi) is 7.32. The van der Waals surface area contributed by atoms with E-state index >= 15 is 0 Å². The Morgan fingerprint density at radius 2 is 1.64 bits per heavy atom. The van der Waals surface area contributed by atoms with Crippen molar-refractivity contribution in [3.63, 3.8) is 0 Å². The van der Waals surface area contributed by atoms with Crippen molar-refractivity contribution in [1.82, 2.24) is 13.5 Å². The number of primary amides is 1. The van der Waals surface area contributed by atoms with Gasteiger partial charge in [0.15, 0.2) is 0 Å². The van der Waals surface area contributed by atoms with Gasteiger partial charge in [0.25, 0.3) is 10.2 Å². The molecule has 0 aromatic heterocycles. The molecule has 0 atom stereocenters. The van der Waals surface area contributed by atoms with Gasteiger partial charge in [-0.3, -0.25) is 4.79 Å². The summed E-state index contributed by atoms with van der Waals surface area (Å²) in [6.07, 6.45) is 3.81. The molecule has 28 heavy (non-hydrogen) atoms. The van der Waals surface area contributed by atoms with E-state index in [1.54, 1.807) is 11.4 Å². The third kappa shape index (κ3) is 4.68. The molecule has 2 N–H and O–H groups in total. The number of likely N-dealkylation sites (tertiary alicyclic amines) is 1. The summed E-state index contributed by atoms with van der Waals surface area (Å²) in [6, 6.07) is 0.365. The third-order valence-electron chi connectivity index (χ3n) is 6.63. The second-order valence-electron chi connectivity index (χ2n) is 8.07. The summed E-state index contributed by atoms with van der Waals surface area (Å²) in [5, 5.41) is 0. The first-order valence-corrected chi connectivity index (χ1v) is 11.6. The van der Waals surface area contributed by atoms with Crippen LogP contribution in [-0.2, 0) is 24.5 Å². The minimum absolute atomic E-state index is 0.226. The molecular formula is C18H34N4O5S. The fourth-order valence-corrected chi connectivity index (χ4v) is 6.22. The van der Waals surface area contributed by atoms with Gasteiger partial charge in [0.2, 0.25) is 5.91 Å². The van der Waals surface area contributed by atoms with Gasteiger partial charge in [-0.1, -0.05) is 0 Å². The van der Waals surface area contributed by atoms with Crippen LogP contribution < -0.4 is 5.73 Å². The van der Waals surface area contributed by atoms with Crippen molar-refractivity contribution in [2.24, 2.45) is 11.1 Å². The van der Waals surface area contributed by atoms with Crippen LogP contribution in [0.25, 0.3) is 0 Å². The number of hydrogen-bond donors (Lipinski definition) is 1. The van der Waals surface area contributed by atoms with Gasteiger partial charge < -0.3 is 20.1 Å². The Bertz CT molecular complexity index is 622. The molecule has 0 spiro atoms. The largest absolute Gasteiger partial charge is 0.385 e. The van der Waals surface area contributed by atoms with Crippen LogP contribution in [0.4, 0.5) is 0 Å². The molecule has 0 aromatic carbocycles. The van der Waals surface area contributed by atoms with E-state index in [1.165, 1.54) is 4.31 Å². The van der Waals surface area contributed by atoms with Crippen LogP contribution in [0.15, 0.2) is 0 Å². The molecule has 0 unspecified atom stereocenters. The van der Waals surface area contributed by atoms with Crippen LogP contribution in [0.2, 0.25) is 0 Å². The van der Waals surface area contributed by atoms with E-state index in [9.17, 15) is 13.2 Å². The lowest BCUT2D eigenvalue weighted by Crippen LogP contribution is -2.55. The smallest absolute Gasteiger partial charge is 0.282 e. The summed E-state index contributed by atoms with van der Waals surface area (Å²) in [7, 11) is -1.74. The van der Waals surface area contributed by atoms with Crippen LogP contribution in [0.3, 0.4) is 0 Å². The molecule has 0 bridgehead atoms. The Hall–Kier alpha value is -0.780. The lowest BCUT2D eigenvalue weighted by atomic mass is 9.74. The average Bonchev–Trinajstić information content (AvgIpc) is 2.73. The van der Waals surface area contributed by atoms with Gasteiger partial charge in [0.05, 0.1) is 18.6 Å². The second-order valence-corrected chi connectivity index (χ2v) is 10.0. The van der Waals surface area contributed by atoms with Gasteiger partial charge in [0.1, 0.15) is 0 Å². The molecule has 3 fully saturated rings. The molecule has 3 aliphatic heterocycles. The van der Waals surface area contributed by atoms with E-state index in [0.29, 0.717) is 58.5 Å². The molecule has 0 radical (unpaired) electrons. The van der Waals surface area contributed by atoms with Gasteiger partial charge in [-0.2, -0.15) is 17.0 Å². The molecule has 3 aliphatic rings. The van der Waals surface area contributed by atoms with E-state index in [4.69, 9.17) is 15.2 Å². The number of nitrogens with two attached hydrogens (primary N) is 1. The SMILES string of the molecule is COCCC1(C(N)=O)CCN(C2CCN(S(=O)(=O)N3CCOCC3)CC2)CC1. The standard InChI is InChI=1S/C18H34N4O5S/c1-26-13-6-18(17(19)23)4-9-20(10-5-18)16-2-7-21(8-3-16)28(24,25)22-11-14-27-15-12-22/h16H,2-15H2,1H3,(H2,19,23). The fourth-order valence-electron chi connectivity index (χ4n) is 4.61. The zero-order chi connectivity index (χ0) is 20.2. The maximum absolute atomic E-state index is 12.8. The Morgan fingerprint density at radius 3 is 2.18 bits per heavy atom. The van der Waals surface area contributed by atoms with Crippen molar-refractivity contribution < 1.29 is 22.7 Å². The molecule has 0 aliphatic carbocycles. The van der Waals surface area contributed by atoms with E-state index in [2.05, 4.69) is 4.90 Å². The van der Waals surface area contributed by atoms with E-state index < -0.39 is 15.6 Å². The molecule has 10 heteroatoms. The maximum atomic E-state index is 12.8. The number of carbonyl (C=O) groups excluding carboxylic acids is 1. The van der Waals surface area contributed by atoms with E-state index in [1.807, 2.05) is 0 Å². The molecule has 9 nitrogen and oxygen atoms in total. The summed E-state index contributed by atoms with van der Waals surface area (Å²) in [5.74, 6) is -0.226. The first-order valence-electron chi connectivity index (χ1n) is 10.2. The van der Waals surface area contributed by atoms with Crippen molar-refractivity contribution in [3.05, 3.63) is 0 Å². The minimum Gasteiger partial charge on any atom is -0.385 e. The highest BCUT2D eigenvalue weighted by Gasteiger charge is 2.42. The van der Waals surface area contributed by atoms with Crippen LogP contribution in [0.1, 0.15) is 32.1 Å². The van der Waals surface area contributed by atoms with Crippen LogP contribution >= 0.6 is 0 Å². The number of nitrogens with zero attached hydrogens (tertiary/aromatic N) is 3. The van der Waals surface area contributed by atoms with Gasteiger partial charge in [-0.25, -0.2) is 0 Å². The van der Waals surface area contributed by atoms with Gasteiger partial charge in [0, 0.05) is 45.9 Å². The van der Waals surface area contributed by atoms with Gasteiger partial charge >= 0.3 is 0 Å². The number of amides is 1. The van der Waals surface area contributed by atoms with E-state index in [-0.39, 0.29) is 5.91 Å². The highest BCUT2D eigenvalue weighted by Crippen LogP contribution is 2.36. The number of carbonyl (C=O) groups is 1. The molecular weight excluding hydrogens is 384 g/mol. The number of piperidine rings is 2. The molecule has 1 amide bonds. The summed E-state index contributed by atoms with van der Waals surface area (Å²) < 4.78 is 39.2. The zero-order valence-electron chi connectivity index (χ0n) is 16.8. The van der Waals surface area contributed by atoms with E-state index in [0.717, 1.165) is 38.8 Å². The van der Waals surface area contributed by atoms with Crippen molar-refractivity contribution in [1.29, 1.82) is 0 Å². The van der Waals surface area contributed by atoms with Crippen LogP contribution in [0.5, 0.6) is 0 Å². The fraction of sp³-hybridized carbons (Fsp3) is 0.944. The summed E-state index contributed by atoms with van der Waals surface area (Å²) in [4.78, 5) is 14.4. The topological polar surface area (TPSA) is 105 Å². The van der Waals surface area contributed by atoms with Crippen molar-refractivity contribution in [3.8, 4) is 0 Å². The molecule has 0 aromatic rings. The summed E-state index contributed by atoms with van der Waals surface area (Å²) in [5.41, 5.74) is 5.24. The second kappa shape index (κ2) is 9.36. The molecule has 3 heterocycles. The number of rotatable bonds is 7. The lowest BCUT2D eigenvalue weighted by Gasteiger charge is -2.45. The summed E-state index contributed by atoms with van der Waals surface area (Å²) in [6.45, 7) is 5.09. The molecule has 162 valence electrons. The quantitative estimate of drug-likeness (QED) is 0.605. The van der Waals surface area contributed by atoms with Crippen molar-refractivity contribution in [2.45, 2.75) is 38.1 Å². The molecule has 0 saturated carbocycles. The maximum Gasteiger partial charge on any atom is 0.282 e. The Morgan fingerprint density at radius 1 is 1.07 bits per heavy atom. The van der Waals surface area contributed by atoms with Crippen LogP contribution in [0, 0.1) is 5.41 Å². The van der Waals surface area contributed by atoms with Gasteiger partial charge in [-0.05, 0) is 45.2 Å².